The molecule has 2 heterocycles. The number of thiophene rings is 1. The van der Waals surface area contributed by atoms with Crippen LogP contribution in [0.3, 0.4) is 0 Å². The number of benzene rings is 1. The number of anilines is 1. The predicted octanol–water partition coefficient (Wildman–Crippen LogP) is 4.92. The normalized spacial score (nSPS) is 10.6. The lowest BCUT2D eigenvalue weighted by Gasteiger charge is -2.05. The van der Waals surface area contributed by atoms with Gasteiger partial charge in [0.15, 0.2) is 0 Å². The zero-order valence-corrected chi connectivity index (χ0v) is 12.9. The smallest absolute Gasteiger partial charge is 0.275 e. The second-order valence-corrected chi connectivity index (χ2v) is 6.17. The van der Waals surface area contributed by atoms with Crippen LogP contribution in [0.2, 0.25) is 5.02 Å². The molecule has 1 aromatic carbocycles. The molecule has 21 heavy (non-hydrogen) atoms. The number of thiazole rings is 1. The number of aromatic nitrogens is 1. The third kappa shape index (κ3) is 3.12. The van der Waals surface area contributed by atoms with Crippen molar-refractivity contribution in [3.63, 3.8) is 0 Å². The van der Waals surface area contributed by atoms with Crippen molar-refractivity contribution in [2.24, 2.45) is 0 Å². The summed E-state index contributed by atoms with van der Waals surface area (Å²) in [4.78, 5) is 16.4. The minimum Gasteiger partial charge on any atom is -0.319 e. The molecule has 3 nitrogen and oxygen atoms in total. The lowest BCUT2D eigenvalue weighted by molar-refractivity contribution is 0.102. The van der Waals surface area contributed by atoms with Crippen LogP contribution in [0, 0.1) is 5.82 Å². The molecule has 0 unspecified atom stereocenters. The Labute approximate surface area is 133 Å². The summed E-state index contributed by atoms with van der Waals surface area (Å²) in [5, 5.41) is 9.16. The van der Waals surface area contributed by atoms with Gasteiger partial charge in [0, 0.05) is 16.3 Å². The van der Waals surface area contributed by atoms with Crippen LogP contribution in [0.5, 0.6) is 0 Å². The Hall–Kier alpha value is -1.76. The molecule has 1 amide bonds. The van der Waals surface area contributed by atoms with E-state index in [1.165, 1.54) is 23.5 Å². The standard InChI is InChI=1S/C14H8ClFN2OS2/c15-10-5-9(16)1-2-11(10)17-13(19)12-7-21-14(18-12)8-3-4-20-6-8/h1-7H,(H,17,19). The van der Waals surface area contributed by atoms with Gasteiger partial charge in [-0.3, -0.25) is 4.79 Å². The topological polar surface area (TPSA) is 42.0 Å². The Morgan fingerprint density at radius 3 is 2.86 bits per heavy atom. The molecule has 0 aliphatic carbocycles. The summed E-state index contributed by atoms with van der Waals surface area (Å²) < 4.78 is 13.0. The van der Waals surface area contributed by atoms with Crippen molar-refractivity contribution in [2.75, 3.05) is 5.32 Å². The van der Waals surface area contributed by atoms with Gasteiger partial charge in [-0.15, -0.1) is 11.3 Å². The van der Waals surface area contributed by atoms with Crippen LogP contribution in [0.1, 0.15) is 10.5 Å². The zero-order chi connectivity index (χ0) is 14.8. The number of rotatable bonds is 3. The number of carbonyl (C=O) groups is 1. The number of carbonyl (C=O) groups excluding carboxylic acids is 1. The number of nitrogens with one attached hydrogen (secondary N) is 1. The molecule has 0 bridgehead atoms. The molecule has 0 saturated carbocycles. The average molecular weight is 339 g/mol. The van der Waals surface area contributed by atoms with Crippen molar-refractivity contribution in [3.05, 3.63) is 56.9 Å². The van der Waals surface area contributed by atoms with Gasteiger partial charge in [-0.25, -0.2) is 9.37 Å². The number of hydrogen-bond acceptors (Lipinski definition) is 4. The summed E-state index contributed by atoms with van der Waals surface area (Å²) in [6, 6.07) is 5.75. The predicted molar refractivity (Wildman–Crippen MR) is 84.8 cm³/mol. The van der Waals surface area contributed by atoms with Gasteiger partial charge in [0.1, 0.15) is 16.5 Å². The van der Waals surface area contributed by atoms with Crippen molar-refractivity contribution in [1.29, 1.82) is 0 Å². The van der Waals surface area contributed by atoms with Crippen molar-refractivity contribution in [1.82, 2.24) is 4.98 Å². The molecule has 106 valence electrons. The molecule has 0 fully saturated rings. The van der Waals surface area contributed by atoms with E-state index in [-0.39, 0.29) is 10.9 Å². The van der Waals surface area contributed by atoms with Crippen LogP contribution in [0.25, 0.3) is 10.6 Å². The maximum atomic E-state index is 13.0. The molecule has 1 N–H and O–H groups in total. The molecule has 0 saturated heterocycles. The summed E-state index contributed by atoms with van der Waals surface area (Å²) in [6.45, 7) is 0. The Morgan fingerprint density at radius 2 is 2.14 bits per heavy atom. The van der Waals surface area contributed by atoms with Gasteiger partial charge in [0.2, 0.25) is 0 Å². The van der Waals surface area contributed by atoms with Crippen LogP contribution in [0.15, 0.2) is 40.4 Å². The van der Waals surface area contributed by atoms with Crippen molar-refractivity contribution in [3.8, 4) is 10.6 Å². The molecule has 0 aliphatic heterocycles. The Balaban J connectivity index is 1.79. The number of hydrogen-bond donors (Lipinski definition) is 1. The first-order valence-corrected chi connectivity index (χ1v) is 8.08. The third-order valence-electron chi connectivity index (χ3n) is 2.68. The van der Waals surface area contributed by atoms with Gasteiger partial charge in [0.25, 0.3) is 5.91 Å². The van der Waals surface area contributed by atoms with E-state index in [9.17, 15) is 9.18 Å². The Morgan fingerprint density at radius 1 is 1.29 bits per heavy atom. The summed E-state index contributed by atoms with van der Waals surface area (Å²) in [5.74, 6) is -0.826. The molecule has 3 aromatic rings. The SMILES string of the molecule is O=C(Nc1ccc(F)cc1Cl)c1csc(-c2ccsc2)n1. The van der Waals surface area contributed by atoms with E-state index >= 15 is 0 Å². The highest BCUT2D eigenvalue weighted by Gasteiger charge is 2.13. The molecule has 0 atom stereocenters. The lowest BCUT2D eigenvalue weighted by Crippen LogP contribution is -2.12. The molecule has 0 spiro atoms. The van der Waals surface area contributed by atoms with Crippen molar-refractivity contribution < 1.29 is 9.18 Å². The molecule has 0 radical (unpaired) electrons. The average Bonchev–Trinajstić information content (AvgIpc) is 3.10. The minimum absolute atomic E-state index is 0.150. The first-order chi connectivity index (χ1) is 10.1. The van der Waals surface area contributed by atoms with Gasteiger partial charge in [0.05, 0.1) is 10.7 Å². The third-order valence-corrected chi connectivity index (χ3v) is 4.57. The summed E-state index contributed by atoms with van der Waals surface area (Å²) >= 11 is 8.84. The fourth-order valence-electron chi connectivity index (χ4n) is 1.67. The first-order valence-electron chi connectivity index (χ1n) is 5.88. The molecular formula is C14H8ClFN2OS2. The number of nitrogens with zero attached hydrogens (tertiary/aromatic N) is 1. The van der Waals surface area contributed by atoms with Crippen LogP contribution in [0.4, 0.5) is 10.1 Å². The van der Waals surface area contributed by atoms with Gasteiger partial charge in [-0.1, -0.05) is 11.6 Å². The largest absolute Gasteiger partial charge is 0.319 e. The Bertz CT molecular complexity index is 786. The van der Waals surface area contributed by atoms with E-state index in [2.05, 4.69) is 10.3 Å². The molecular weight excluding hydrogens is 331 g/mol. The Kier molecular flexibility index (Phi) is 4.01. The highest BCUT2D eigenvalue weighted by atomic mass is 35.5. The summed E-state index contributed by atoms with van der Waals surface area (Å²) in [7, 11) is 0. The first kappa shape index (κ1) is 14.2. The van der Waals surface area contributed by atoms with Gasteiger partial charge in [-0.05, 0) is 29.6 Å². The maximum Gasteiger partial charge on any atom is 0.275 e. The quantitative estimate of drug-likeness (QED) is 0.736. The monoisotopic (exact) mass is 338 g/mol. The second kappa shape index (κ2) is 5.93. The van der Waals surface area contributed by atoms with Gasteiger partial charge < -0.3 is 5.32 Å². The number of halogens is 2. The lowest BCUT2D eigenvalue weighted by atomic mass is 10.3. The van der Waals surface area contributed by atoms with E-state index in [0.717, 1.165) is 16.6 Å². The van der Waals surface area contributed by atoms with E-state index in [1.807, 2.05) is 16.8 Å². The molecule has 0 aliphatic rings. The minimum atomic E-state index is -0.452. The van der Waals surface area contributed by atoms with E-state index < -0.39 is 5.82 Å². The number of amides is 1. The van der Waals surface area contributed by atoms with E-state index in [4.69, 9.17) is 11.6 Å². The highest BCUT2D eigenvalue weighted by molar-refractivity contribution is 7.14. The van der Waals surface area contributed by atoms with Crippen LogP contribution in [-0.4, -0.2) is 10.9 Å². The van der Waals surface area contributed by atoms with Gasteiger partial charge >= 0.3 is 0 Å². The molecule has 2 aromatic heterocycles. The fourth-order valence-corrected chi connectivity index (χ4v) is 3.40. The summed E-state index contributed by atoms with van der Waals surface area (Å²) in [6.07, 6.45) is 0. The van der Waals surface area contributed by atoms with Crippen LogP contribution >= 0.6 is 34.3 Å². The molecule has 7 heteroatoms. The van der Waals surface area contributed by atoms with Crippen LogP contribution in [-0.2, 0) is 0 Å². The van der Waals surface area contributed by atoms with Gasteiger partial charge in [-0.2, -0.15) is 11.3 Å². The maximum absolute atomic E-state index is 13.0. The summed E-state index contributed by atoms with van der Waals surface area (Å²) in [5.41, 5.74) is 1.65. The molecule has 3 rings (SSSR count). The van der Waals surface area contributed by atoms with E-state index in [1.54, 1.807) is 16.7 Å². The van der Waals surface area contributed by atoms with Crippen LogP contribution < -0.4 is 5.32 Å². The van der Waals surface area contributed by atoms with Crippen molar-refractivity contribution in [2.45, 2.75) is 0 Å². The highest BCUT2D eigenvalue weighted by Crippen LogP contribution is 2.27. The van der Waals surface area contributed by atoms with E-state index in [0.29, 0.717) is 11.4 Å². The fraction of sp³-hybridized carbons (Fsp3) is 0. The second-order valence-electron chi connectivity index (χ2n) is 4.13. The zero-order valence-electron chi connectivity index (χ0n) is 10.5. The van der Waals surface area contributed by atoms with Crippen molar-refractivity contribution >= 4 is 45.9 Å².